The summed E-state index contributed by atoms with van der Waals surface area (Å²) < 4.78 is 9.41. The van der Waals surface area contributed by atoms with Gasteiger partial charge in [-0.1, -0.05) is 12.1 Å². The average molecular weight is 237 g/mol. The zero-order chi connectivity index (χ0) is 12.8. The molecule has 0 saturated heterocycles. The molecule has 0 aliphatic rings. The maximum atomic E-state index is 11.6. The van der Waals surface area contributed by atoms with Crippen molar-refractivity contribution in [3.63, 3.8) is 0 Å². The number of nitrogens with two attached hydrogens (primary N) is 1. The predicted molar refractivity (Wildman–Crippen MR) is 62.5 cm³/mol. The largest absolute Gasteiger partial charge is 0.469 e. The molecule has 0 amide bonds. The highest BCUT2D eigenvalue weighted by molar-refractivity contribution is 5.96. The molecule has 0 aliphatic carbocycles. The smallest absolute Gasteiger partial charge is 0.340 e. The van der Waals surface area contributed by atoms with Gasteiger partial charge >= 0.3 is 11.9 Å². The number of esters is 2. The Morgan fingerprint density at radius 2 is 2.06 bits per heavy atom. The number of carbonyl (C=O) groups is 2. The summed E-state index contributed by atoms with van der Waals surface area (Å²) >= 11 is 0. The molecular weight excluding hydrogens is 222 g/mol. The van der Waals surface area contributed by atoms with Crippen LogP contribution in [0.1, 0.15) is 22.8 Å². The van der Waals surface area contributed by atoms with Crippen molar-refractivity contribution in [1.29, 1.82) is 0 Å². The van der Waals surface area contributed by atoms with Gasteiger partial charge in [-0.15, -0.1) is 0 Å². The molecule has 0 radical (unpaired) electrons. The zero-order valence-corrected chi connectivity index (χ0v) is 9.86. The van der Waals surface area contributed by atoms with Crippen molar-refractivity contribution in [2.75, 3.05) is 19.5 Å². The van der Waals surface area contributed by atoms with Gasteiger partial charge in [0.2, 0.25) is 0 Å². The van der Waals surface area contributed by atoms with E-state index in [1.165, 1.54) is 7.11 Å². The quantitative estimate of drug-likeness (QED) is 0.628. The summed E-state index contributed by atoms with van der Waals surface area (Å²) in [4.78, 5) is 22.7. The number of para-hydroxylation sites is 1. The molecule has 0 spiro atoms. The molecule has 0 fully saturated rings. The SMILES string of the molecule is CCOC(=O)c1cccc(CC(=O)OC)c1N. The van der Waals surface area contributed by atoms with E-state index in [9.17, 15) is 9.59 Å². The molecule has 17 heavy (non-hydrogen) atoms. The molecule has 5 nitrogen and oxygen atoms in total. The number of anilines is 1. The Kier molecular flexibility index (Phi) is 4.51. The minimum atomic E-state index is -0.489. The number of carbonyl (C=O) groups excluding carboxylic acids is 2. The molecule has 1 aromatic carbocycles. The van der Waals surface area contributed by atoms with Gasteiger partial charge in [0, 0.05) is 5.69 Å². The number of methoxy groups -OCH3 is 1. The fourth-order valence-electron chi connectivity index (χ4n) is 1.38. The van der Waals surface area contributed by atoms with Crippen LogP contribution in [-0.2, 0) is 20.7 Å². The normalized spacial score (nSPS) is 9.76. The van der Waals surface area contributed by atoms with Crippen molar-refractivity contribution in [2.45, 2.75) is 13.3 Å². The zero-order valence-electron chi connectivity index (χ0n) is 9.86. The lowest BCUT2D eigenvalue weighted by molar-refractivity contribution is -0.139. The van der Waals surface area contributed by atoms with Crippen molar-refractivity contribution in [2.24, 2.45) is 0 Å². The minimum absolute atomic E-state index is 0.0373. The van der Waals surface area contributed by atoms with E-state index in [0.717, 1.165) is 0 Å². The fraction of sp³-hybridized carbons (Fsp3) is 0.333. The first-order valence-corrected chi connectivity index (χ1v) is 5.21. The summed E-state index contributed by atoms with van der Waals surface area (Å²) in [6, 6.07) is 4.89. The number of rotatable bonds is 4. The highest BCUT2D eigenvalue weighted by atomic mass is 16.5. The molecule has 0 bridgehead atoms. The van der Waals surface area contributed by atoms with Gasteiger partial charge in [0.05, 0.1) is 25.7 Å². The minimum Gasteiger partial charge on any atom is -0.469 e. The van der Waals surface area contributed by atoms with Crippen molar-refractivity contribution >= 4 is 17.6 Å². The summed E-state index contributed by atoms with van der Waals surface area (Å²) in [5.41, 5.74) is 6.90. The third-order valence-corrected chi connectivity index (χ3v) is 2.25. The van der Waals surface area contributed by atoms with Gasteiger partial charge in [0.1, 0.15) is 0 Å². The summed E-state index contributed by atoms with van der Waals surface area (Å²) in [7, 11) is 1.30. The second-order valence-corrected chi connectivity index (χ2v) is 3.35. The van der Waals surface area contributed by atoms with E-state index in [-0.39, 0.29) is 24.3 Å². The van der Waals surface area contributed by atoms with Gasteiger partial charge in [0.25, 0.3) is 0 Å². The summed E-state index contributed by atoms with van der Waals surface area (Å²) in [5.74, 6) is -0.894. The van der Waals surface area contributed by atoms with Crippen LogP contribution in [0.3, 0.4) is 0 Å². The fourth-order valence-corrected chi connectivity index (χ4v) is 1.38. The van der Waals surface area contributed by atoms with Crippen LogP contribution in [0, 0.1) is 0 Å². The first kappa shape index (κ1) is 13.0. The highest BCUT2D eigenvalue weighted by Gasteiger charge is 2.15. The van der Waals surface area contributed by atoms with Gasteiger partial charge < -0.3 is 15.2 Å². The third kappa shape index (κ3) is 3.21. The number of benzene rings is 1. The third-order valence-electron chi connectivity index (χ3n) is 2.25. The Bertz CT molecular complexity index is 429. The molecule has 0 unspecified atom stereocenters. The van der Waals surface area contributed by atoms with E-state index in [1.807, 2.05) is 0 Å². The van der Waals surface area contributed by atoms with Gasteiger partial charge in [-0.25, -0.2) is 4.79 Å². The van der Waals surface area contributed by atoms with Crippen LogP contribution in [0.4, 0.5) is 5.69 Å². The second kappa shape index (κ2) is 5.89. The molecular formula is C12H15NO4. The Hall–Kier alpha value is -2.04. The monoisotopic (exact) mass is 237 g/mol. The van der Waals surface area contributed by atoms with Crippen molar-refractivity contribution in [3.8, 4) is 0 Å². The summed E-state index contributed by atoms with van der Waals surface area (Å²) in [5, 5.41) is 0. The standard InChI is InChI=1S/C12H15NO4/c1-3-17-12(15)9-6-4-5-8(11(9)13)7-10(14)16-2/h4-6H,3,7,13H2,1-2H3. The Balaban J connectivity index is 2.98. The van der Waals surface area contributed by atoms with Crippen LogP contribution in [0.25, 0.3) is 0 Å². The van der Waals surface area contributed by atoms with Crippen LogP contribution >= 0.6 is 0 Å². The van der Waals surface area contributed by atoms with Gasteiger partial charge in [-0.2, -0.15) is 0 Å². The summed E-state index contributed by atoms with van der Waals surface area (Å²) in [6.07, 6.45) is 0.0373. The maximum Gasteiger partial charge on any atom is 0.340 e. The Labute approximate surface area is 99.5 Å². The topological polar surface area (TPSA) is 78.6 Å². The van der Waals surface area contributed by atoms with E-state index >= 15 is 0 Å². The van der Waals surface area contributed by atoms with Gasteiger partial charge in [0.15, 0.2) is 0 Å². The molecule has 1 aromatic rings. The first-order chi connectivity index (χ1) is 8.10. The Morgan fingerprint density at radius 1 is 1.35 bits per heavy atom. The highest BCUT2D eigenvalue weighted by Crippen LogP contribution is 2.19. The number of hydrogen-bond acceptors (Lipinski definition) is 5. The van der Waals surface area contributed by atoms with Crippen LogP contribution in [-0.4, -0.2) is 25.7 Å². The summed E-state index contributed by atoms with van der Waals surface area (Å²) in [6.45, 7) is 1.99. The van der Waals surface area contributed by atoms with Crippen molar-refractivity contribution in [1.82, 2.24) is 0 Å². The lowest BCUT2D eigenvalue weighted by Crippen LogP contribution is -2.12. The molecule has 0 saturated carbocycles. The molecule has 1 rings (SSSR count). The average Bonchev–Trinajstić information content (AvgIpc) is 2.32. The van der Waals surface area contributed by atoms with Crippen molar-refractivity contribution in [3.05, 3.63) is 29.3 Å². The van der Waals surface area contributed by atoms with Crippen molar-refractivity contribution < 1.29 is 19.1 Å². The molecule has 0 aliphatic heterocycles. The van der Waals surface area contributed by atoms with E-state index in [4.69, 9.17) is 10.5 Å². The first-order valence-electron chi connectivity index (χ1n) is 5.21. The van der Waals surface area contributed by atoms with E-state index in [1.54, 1.807) is 25.1 Å². The molecule has 0 aromatic heterocycles. The number of nitrogen functional groups attached to an aromatic ring is 1. The van der Waals surface area contributed by atoms with Crippen LogP contribution in [0.2, 0.25) is 0 Å². The predicted octanol–water partition coefficient (Wildman–Crippen LogP) is 1.16. The Morgan fingerprint density at radius 3 is 2.65 bits per heavy atom. The van der Waals surface area contributed by atoms with E-state index in [2.05, 4.69) is 4.74 Å². The van der Waals surface area contributed by atoms with Crippen LogP contribution in [0.5, 0.6) is 0 Å². The number of hydrogen-bond donors (Lipinski definition) is 1. The van der Waals surface area contributed by atoms with Crippen LogP contribution in [0.15, 0.2) is 18.2 Å². The molecule has 0 heterocycles. The van der Waals surface area contributed by atoms with E-state index in [0.29, 0.717) is 5.56 Å². The van der Waals surface area contributed by atoms with E-state index < -0.39 is 11.9 Å². The molecule has 2 N–H and O–H groups in total. The lowest BCUT2D eigenvalue weighted by Gasteiger charge is -2.09. The lowest BCUT2D eigenvalue weighted by atomic mass is 10.0. The molecule has 0 atom stereocenters. The molecule has 5 heteroatoms. The molecule has 92 valence electrons. The maximum absolute atomic E-state index is 11.6. The van der Waals surface area contributed by atoms with Gasteiger partial charge in [-0.05, 0) is 18.6 Å². The second-order valence-electron chi connectivity index (χ2n) is 3.35. The van der Waals surface area contributed by atoms with Gasteiger partial charge in [-0.3, -0.25) is 4.79 Å². The van der Waals surface area contributed by atoms with Crippen LogP contribution < -0.4 is 5.73 Å². The number of ether oxygens (including phenoxy) is 2.